The second kappa shape index (κ2) is 6.11. The van der Waals surface area contributed by atoms with Crippen molar-refractivity contribution >= 4 is 70.7 Å². The van der Waals surface area contributed by atoms with Gasteiger partial charge in [-0.1, -0.05) is 0 Å². The van der Waals surface area contributed by atoms with Crippen LogP contribution in [0.25, 0.3) is 0 Å². The van der Waals surface area contributed by atoms with Crippen LogP contribution in [0.2, 0.25) is 0 Å². The molecule has 0 saturated heterocycles. The summed E-state index contributed by atoms with van der Waals surface area (Å²) in [6, 6.07) is 0. The Morgan fingerprint density at radius 3 is 0.833 bits per heavy atom. The molecule has 6 heavy (non-hydrogen) atoms. The third-order valence-corrected chi connectivity index (χ3v) is 0. The number of hydrogen-bond acceptors (Lipinski definition) is 0. The molecule has 0 atom stereocenters. The predicted molar refractivity (Wildman–Crippen MR) is 56.1 cm³/mol. The van der Waals surface area contributed by atoms with Crippen LogP contribution in [-0.2, 0) is 21.2 Å². The molecule has 6 heteroatoms. The van der Waals surface area contributed by atoms with Crippen LogP contribution in [0.4, 0.5) is 0 Å². The molecule has 0 rings (SSSR count). The molecule has 0 saturated carbocycles. The minimum absolute atomic E-state index is 0. The minimum atomic E-state index is -1.51. The van der Waals surface area contributed by atoms with Crippen LogP contribution in [0, 0.1) is 0 Å². The number of rotatable bonds is 0. The molecule has 0 aliphatic heterocycles. The van der Waals surface area contributed by atoms with Crippen molar-refractivity contribution in [2.75, 3.05) is 0 Å². The Morgan fingerprint density at radius 2 is 0.833 bits per heavy atom. The van der Waals surface area contributed by atoms with Crippen molar-refractivity contribution in [2.45, 2.75) is 0 Å². The average Bonchev–Trinajstić information content (AvgIpc) is 0.722. The molecule has 0 bridgehead atoms. The van der Waals surface area contributed by atoms with Crippen molar-refractivity contribution in [2.24, 2.45) is 0 Å². The molecule has 0 amide bonds. The molecule has 0 aromatic rings. The zero-order valence-corrected chi connectivity index (χ0v) is 17.6. The summed E-state index contributed by atoms with van der Waals surface area (Å²) in [6.45, 7) is 0. The standard InChI is InChI=1S/Cu.Hg.4HI/h;;4*1H/q;+4;;;;/p-4. The molecule has 0 unspecified atom stereocenters. The van der Waals surface area contributed by atoms with Crippen LogP contribution in [-0.4, -0.2) is 0 Å². The van der Waals surface area contributed by atoms with E-state index in [1.54, 1.807) is 0 Å². The summed E-state index contributed by atoms with van der Waals surface area (Å²) in [4.78, 5) is 0. The van der Waals surface area contributed by atoms with Gasteiger partial charge in [-0.2, -0.15) is 0 Å². The van der Waals surface area contributed by atoms with E-state index in [9.17, 15) is 0 Å². The fourth-order valence-electron chi connectivity index (χ4n) is 0. The molecule has 0 spiro atoms. The second-order valence-corrected chi connectivity index (χ2v) is 239. The van der Waals surface area contributed by atoms with Gasteiger partial charge in [-0.3, -0.25) is 0 Å². The number of halogens is 4. The van der Waals surface area contributed by atoms with E-state index in [0.29, 0.717) is 0 Å². The third kappa shape index (κ3) is 23.8. The third-order valence-electron chi connectivity index (χ3n) is 0. The normalized spacial score (nSPS) is 7.33. The Labute approximate surface area is 88.4 Å². The van der Waals surface area contributed by atoms with Crippen LogP contribution in [0.3, 0.4) is 0 Å². The molecule has 0 aliphatic rings. The van der Waals surface area contributed by atoms with Crippen molar-refractivity contribution in [3.63, 3.8) is 0 Å². The molecule has 0 aromatic heterocycles. The van der Waals surface area contributed by atoms with E-state index in [1.807, 2.05) is 0 Å². The topological polar surface area (TPSA) is 0 Å². The molecule has 0 N–H and O–H groups in total. The zero-order chi connectivity index (χ0) is 4.50. The van der Waals surface area contributed by atoms with Gasteiger partial charge in [0.25, 0.3) is 0 Å². The molecular weight excluding hydrogens is 772 g/mol. The van der Waals surface area contributed by atoms with Crippen molar-refractivity contribution in [3.8, 4) is 0 Å². The van der Waals surface area contributed by atoms with Crippen molar-refractivity contribution in [1.82, 2.24) is 0 Å². The van der Waals surface area contributed by atoms with Gasteiger partial charge in [0.2, 0.25) is 0 Å². The SMILES string of the molecule is [Cu].[I][Hg]([I])([I])[I]. The summed E-state index contributed by atoms with van der Waals surface area (Å²) >= 11 is 10.3. The first-order valence-electron chi connectivity index (χ1n) is 1.07. The van der Waals surface area contributed by atoms with Crippen LogP contribution >= 0.6 is 70.7 Å². The first-order chi connectivity index (χ1) is 2.00. The van der Waals surface area contributed by atoms with Gasteiger partial charge in [-0.15, -0.1) is 0 Å². The summed E-state index contributed by atoms with van der Waals surface area (Å²) in [6.07, 6.45) is 0. The van der Waals surface area contributed by atoms with Gasteiger partial charge >= 0.3 is 74.8 Å². The van der Waals surface area contributed by atoms with E-state index in [1.165, 1.54) is 0 Å². The Morgan fingerprint density at radius 1 is 0.833 bits per heavy atom. The maximum absolute atomic E-state index is 2.57. The van der Waals surface area contributed by atoms with Gasteiger partial charge in [0.05, 0.1) is 0 Å². The molecular formula is CuHgI4. The van der Waals surface area contributed by atoms with Crippen LogP contribution in [0.15, 0.2) is 0 Å². The van der Waals surface area contributed by atoms with Gasteiger partial charge < -0.3 is 0 Å². The van der Waals surface area contributed by atoms with Gasteiger partial charge in [0.15, 0.2) is 0 Å². The zero-order valence-electron chi connectivity index (χ0n) is 2.52. The van der Waals surface area contributed by atoms with Gasteiger partial charge in [0, 0.05) is 17.1 Å². The van der Waals surface area contributed by atoms with Gasteiger partial charge in [-0.05, 0) is 0 Å². The fraction of sp³-hybridized carbons (Fsp3) is 0. The summed E-state index contributed by atoms with van der Waals surface area (Å²) in [5, 5.41) is 0. The summed E-state index contributed by atoms with van der Waals surface area (Å²) < 4.78 is -1.51. The molecule has 41 valence electrons. The average molecular weight is 772 g/mol. The molecule has 0 heterocycles. The van der Waals surface area contributed by atoms with E-state index in [2.05, 4.69) is 70.7 Å². The molecule has 0 aromatic carbocycles. The van der Waals surface area contributed by atoms with E-state index >= 15 is 0 Å². The Balaban J connectivity index is 0. The first kappa shape index (κ1) is 13.0. The Kier molecular flexibility index (Phi) is 13.2. The summed E-state index contributed by atoms with van der Waals surface area (Å²) in [5.74, 6) is 0. The van der Waals surface area contributed by atoms with Crippen LogP contribution < -0.4 is 0 Å². The van der Waals surface area contributed by atoms with Crippen LogP contribution in [0.5, 0.6) is 0 Å². The van der Waals surface area contributed by atoms with Crippen LogP contribution in [0.1, 0.15) is 0 Å². The Hall–Kier alpha value is 4.37. The van der Waals surface area contributed by atoms with Crippen molar-refractivity contribution < 1.29 is 21.2 Å². The van der Waals surface area contributed by atoms with Crippen molar-refractivity contribution in [3.05, 3.63) is 0 Å². The summed E-state index contributed by atoms with van der Waals surface area (Å²) in [5.41, 5.74) is 0. The quantitative estimate of drug-likeness (QED) is 0.262. The van der Waals surface area contributed by atoms with E-state index in [0.717, 1.165) is 0 Å². The summed E-state index contributed by atoms with van der Waals surface area (Å²) in [7, 11) is 0. The number of hydrogen-bond donors (Lipinski definition) is 0. The van der Waals surface area contributed by atoms with E-state index in [4.69, 9.17) is 0 Å². The fourth-order valence-corrected chi connectivity index (χ4v) is 0. The predicted octanol–water partition coefficient (Wildman–Crippen LogP) is 3.54. The Bertz CT molecular complexity index is 23.0. The second-order valence-electron chi connectivity index (χ2n) is 0.606. The first-order valence-corrected chi connectivity index (χ1v) is 62.9. The van der Waals surface area contributed by atoms with Gasteiger partial charge in [0.1, 0.15) is 0 Å². The van der Waals surface area contributed by atoms with Gasteiger partial charge in [-0.25, -0.2) is 0 Å². The maximum atomic E-state index is 2.57. The van der Waals surface area contributed by atoms with Crippen molar-refractivity contribution in [1.29, 1.82) is 0 Å². The molecule has 0 nitrogen and oxygen atoms in total. The monoisotopic (exact) mass is 773 g/mol. The molecule has 1 radical (unpaired) electrons. The van der Waals surface area contributed by atoms with E-state index in [-0.39, 0.29) is 17.1 Å². The molecule has 0 fully saturated rings. The molecule has 0 aliphatic carbocycles. The van der Waals surface area contributed by atoms with E-state index < -0.39 is 4.17 Å².